The van der Waals surface area contributed by atoms with E-state index in [0.717, 1.165) is 12.0 Å². The van der Waals surface area contributed by atoms with Gasteiger partial charge in [-0.3, -0.25) is 4.79 Å². The van der Waals surface area contributed by atoms with E-state index in [9.17, 15) is 9.59 Å². The maximum atomic E-state index is 12.2. The number of ether oxygens (including phenoxy) is 1. The molecule has 0 saturated carbocycles. The summed E-state index contributed by atoms with van der Waals surface area (Å²) in [5, 5.41) is 0. The van der Waals surface area contributed by atoms with E-state index in [4.69, 9.17) is 4.74 Å². The highest BCUT2D eigenvalue weighted by Gasteiger charge is 2.36. The summed E-state index contributed by atoms with van der Waals surface area (Å²) in [4.78, 5) is 25.3. The maximum absolute atomic E-state index is 12.2. The number of allylic oxidation sites excluding steroid dienone is 2. The van der Waals surface area contributed by atoms with Gasteiger partial charge in [0.1, 0.15) is 6.61 Å². The molecule has 1 heterocycles. The molecule has 116 valence electrons. The molecule has 0 N–H and O–H groups in total. The molecule has 2 atom stereocenters. The number of carbonyl (C=O) groups excluding carboxylic acids is 2. The Hall–Kier alpha value is -2.36. The number of hydrogen-bond acceptors (Lipinski definition) is 3. The Bertz CT molecular complexity index is 565. The Kier molecular flexibility index (Phi) is 5.53. The lowest BCUT2D eigenvalue weighted by Crippen LogP contribution is -2.39. The molecule has 4 nitrogen and oxygen atoms in total. The Morgan fingerprint density at radius 2 is 2.18 bits per heavy atom. The lowest BCUT2D eigenvalue weighted by molar-refractivity contribution is -0.124. The molecule has 1 aliphatic heterocycles. The predicted molar refractivity (Wildman–Crippen MR) is 85.2 cm³/mol. The average molecular weight is 299 g/mol. The first-order valence-corrected chi connectivity index (χ1v) is 7.44. The van der Waals surface area contributed by atoms with Crippen molar-refractivity contribution >= 4 is 12.0 Å². The first-order valence-electron chi connectivity index (χ1n) is 7.44. The molecule has 22 heavy (non-hydrogen) atoms. The fourth-order valence-corrected chi connectivity index (χ4v) is 2.33. The lowest BCUT2D eigenvalue weighted by Gasteiger charge is -2.18. The van der Waals surface area contributed by atoms with Gasteiger partial charge in [0.2, 0.25) is 0 Å². The number of carbonyl (C=O) groups is 2. The Labute approximate surface area is 131 Å². The van der Waals surface area contributed by atoms with Crippen molar-refractivity contribution in [2.75, 3.05) is 6.61 Å². The van der Waals surface area contributed by atoms with Gasteiger partial charge in [0.25, 0.3) is 5.91 Å². The normalized spacial score (nSPS) is 19.2. The monoisotopic (exact) mass is 299 g/mol. The smallest absolute Gasteiger partial charge is 0.417 e. The second kappa shape index (κ2) is 7.59. The zero-order valence-electron chi connectivity index (χ0n) is 12.8. The fraction of sp³-hybridized carbons (Fsp3) is 0.333. The van der Waals surface area contributed by atoms with Gasteiger partial charge >= 0.3 is 6.09 Å². The van der Waals surface area contributed by atoms with Crippen molar-refractivity contribution in [2.45, 2.75) is 25.8 Å². The zero-order chi connectivity index (χ0) is 15.9. The molecule has 0 spiro atoms. The number of cyclic esters (lactones) is 1. The van der Waals surface area contributed by atoms with Gasteiger partial charge in [-0.1, -0.05) is 49.4 Å². The van der Waals surface area contributed by atoms with Crippen LogP contribution in [0.4, 0.5) is 4.79 Å². The van der Waals surface area contributed by atoms with Gasteiger partial charge in [-0.25, -0.2) is 9.69 Å². The second-order valence-electron chi connectivity index (χ2n) is 5.48. The highest BCUT2D eigenvalue weighted by atomic mass is 16.6. The number of nitrogens with zero attached hydrogens (tertiary/aromatic N) is 1. The van der Waals surface area contributed by atoms with E-state index in [0.29, 0.717) is 12.3 Å². The molecule has 0 aromatic heterocycles. The summed E-state index contributed by atoms with van der Waals surface area (Å²) in [5.41, 5.74) is 1.08. The van der Waals surface area contributed by atoms with E-state index in [1.165, 1.54) is 11.0 Å². The van der Waals surface area contributed by atoms with Crippen LogP contribution in [0.5, 0.6) is 0 Å². The number of rotatable bonds is 6. The summed E-state index contributed by atoms with van der Waals surface area (Å²) in [5.74, 6) is -0.0191. The van der Waals surface area contributed by atoms with Crippen molar-refractivity contribution in [2.24, 2.45) is 5.92 Å². The first kappa shape index (κ1) is 16.0. The summed E-state index contributed by atoms with van der Waals surface area (Å²) < 4.78 is 5.04. The van der Waals surface area contributed by atoms with Crippen LogP contribution in [0.15, 0.2) is 55.1 Å². The minimum atomic E-state index is -0.563. The molecule has 1 aromatic carbocycles. The minimum Gasteiger partial charge on any atom is -0.447 e. The predicted octanol–water partition coefficient (Wildman–Crippen LogP) is 3.34. The molecule has 0 radical (unpaired) electrons. The second-order valence-corrected chi connectivity index (χ2v) is 5.48. The van der Waals surface area contributed by atoms with Crippen molar-refractivity contribution < 1.29 is 14.3 Å². The zero-order valence-corrected chi connectivity index (χ0v) is 12.8. The number of imide groups is 1. The van der Waals surface area contributed by atoms with Crippen LogP contribution in [-0.2, 0) is 16.0 Å². The molecule has 2 rings (SSSR count). The van der Waals surface area contributed by atoms with Gasteiger partial charge in [-0.15, -0.1) is 6.58 Å². The molecule has 0 aliphatic carbocycles. The van der Waals surface area contributed by atoms with E-state index < -0.39 is 6.09 Å². The van der Waals surface area contributed by atoms with Gasteiger partial charge in [0.15, 0.2) is 0 Å². The number of hydrogen-bond donors (Lipinski definition) is 0. The van der Waals surface area contributed by atoms with Gasteiger partial charge in [0.05, 0.1) is 6.04 Å². The van der Waals surface area contributed by atoms with Crippen LogP contribution in [0.25, 0.3) is 0 Å². The molecular weight excluding hydrogens is 278 g/mol. The lowest BCUT2D eigenvalue weighted by atomic mass is 10.1. The van der Waals surface area contributed by atoms with Crippen LogP contribution < -0.4 is 0 Å². The fourth-order valence-electron chi connectivity index (χ4n) is 2.33. The SMILES string of the molecule is C=C[C@@H](C)C/C=C/C(=O)N1C(=O)OC[C@@H]1Cc1ccccc1. The van der Waals surface area contributed by atoms with Crippen LogP contribution in [0.1, 0.15) is 18.9 Å². The topological polar surface area (TPSA) is 46.6 Å². The Balaban J connectivity index is 2.01. The molecule has 1 fully saturated rings. The van der Waals surface area contributed by atoms with E-state index in [-0.39, 0.29) is 18.6 Å². The van der Waals surface area contributed by atoms with Gasteiger partial charge in [0, 0.05) is 0 Å². The van der Waals surface area contributed by atoms with Gasteiger partial charge < -0.3 is 4.74 Å². The molecule has 1 aliphatic rings. The van der Waals surface area contributed by atoms with E-state index >= 15 is 0 Å². The standard InChI is InChI=1S/C18H21NO3/c1-3-14(2)8-7-11-17(20)19-16(13-22-18(19)21)12-15-9-5-4-6-10-15/h3-7,9-11,14,16H,1,8,12-13H2,2H3/b11-7+/t14-,16+/m1/s1. The minimum absolute atomic E-state index is 0.246. The quantitative estimate of drug-likeness (QED) is 0.598. The van der Waals surface area contributed by atoms with Crippen molar-refractivity contribution in [3.05, 3.63) is 60.7 Å². The van der Waals surface area contributed by atoms with Crippen molar-refractivity contribution in [3.8, 4) is 0 Å². The maximum Gasteiger partial charge on any atom is 0.417 e. The third kappa shape index (κ3) is 4.07. The molecule has 1 aromatic rings. The van der Waals surface area contributed by atoms with E-state index in [1.54, 1.807) is 6.08 Å². The van der Waals surface area contributed by atoms with Crippen LogP contribution >= 0.6 is 0 Å². The van der Waals surface area contributed by atoms with Crippen molar-refractivity contribution in [1.82, 2.24) is 4.90 Å². The summed E-state index contributed by atoms with van der Waals surface area (Å²) in [6.07, 6.45) is 5.82. The van der Waals surface area contributed by atoms with Crippen molar-refractivity contribution in [3.63, 3.8) is 0 Å². The number of benzene rings is 1. The van der Waals surface area contributed by atoms with Crippen LogP contribution in [-0.4, -0.2) is 29.5 Å². The van der Waals surface area contributed by atoms with Gasteiger partial charge in [-0.05, 0) is 30.4 Å². The molecule has 0 unspecified atom stereocenters. The van der Waals surface area contributed by atoms with Crippen LogP contribution in [0.3, 0.4) is 0 Å². The van der Waals surface area contributed by atoms with Crippen LogP contribution in [0, 0.1) is 5.92 Å². The molecule has 1 saturated heterocycles. The molecule has 4 heteroatoms. The van der Waals surface area contributed by atoms with Gasteiger partial charge in [-0.2, -0.15) is 0 Å². The molecular formula is C18H21NO3. The summed E-state index contributed by atoms with van der Waals surface area (Å²) in [7, 11) is 0. The highest BCUT2D eigenvalue weighted by molar-refractivity contribution is 5.99. The molecule has 0 bridgehead atoms. The Morgan fingerprint density at radius 3 is 2.86 bits per heavy atom. The summed E-state index contributed by atoms with van der Waals surface area (Å²) >= 11 is 0. The number of amides is 2. The van der Waals surface area contributed by atoms with E-state index in [1.807, 2.05) is 43.3 Å². The Morgan fingerprint density at radius 1 is 1.45 bits per heavy atom. The summed E-state index contributed by atoms with van der Waals surface area (Å²) in [6, 6.07) is 9.53. The van der Waals surface area contributed by atoms with E-state index in [2.05, 4.69) is 6.58 Å². The average Bonchev–Trinajstić information content (AvgIpc) is 2.88. The largest absolute Gasteiger partial charge is 0.447 e. The third-order valence-corrected chi connectivity index (χ3v) is 3.68. The summed E-state index contributed by atoms with van der Waals surface area (Å²) in [6.45, 7) is 5.97. The highest BCUT2D eigenvalue weighted by Crippen LogP contribution is 2.18. The first-order chi connectivity index (χ1) is 10.6. The third-order valence-electron chi connectivity index (χ3n) is 3.68. The molecule has 2 amide bonds. The van der Waals surface area contributed by atoms with Crippen LogP contribution in [0.2, 0.25) is 0 Å². The van der Waals surface area contributed by atoms with Crippen molar-refractivity contribution in [1.29, 1.82) is 0 Å².